The number of hydrogen-bond donors (Lipinski definition) is 2. The van der Waals surface area contributed by atoms with E-state index in [0.29, 0.717) is 36.1 Å². The van der Waals surface area contributed by atoms with Gasteiger partial charge in [-0.15, -0.1) is 0 Å². The number of carbonyl (C=O) groups excluding carboxylic acids is 2. The van der Waals surface area contributed by atoms with Crippen molar-refractivity contribution in [2.75, 3.05) is 23.8 Å². The lowest BCUT2D eigenvalue weighted by molar-refractivity contribution is -0.116. The van der Waals surface area contributed by atoms with Gasteiger partial charge in [-0.25, -0.2) is 0 Å². The smallest absolute Gasteiger partial charge is 0.228 e. The van der Waals surface area contributed by atoms with Gasteiger partial charge in [-0.1, -0.05) is 12.1 Å². The third kappa shape index (κ3) is 5.81. The summed E-state index contributed by atoms with van der Waals surface area (Å²) in [6.45, 7) is 6.29. The third-order valence-corrected chi connectivity index (χ3v) is 3.47. The van der Waals surface area contributed by atoms with Gasteiger partial charge in [0.2, 0.25) is 11.8 Å². The van der Waals surface area contributed by atoms with E-state index in [4.69, 9.17) is 9.47 Å². The van der Waals surface area contributed by atoms with Gasteiger partial charge in [-0.2, -0.15) is 0 Å². The van der Waals surface area contributed by atoms with E-state index in [9.17, 15) is 9.59 Å². The van der Waals surface area contributed by atoms with Gasteiger partial charge in [0.15, 0.2) is 0 Å². The number of ether oxygens (including phenoxy) is 2. The van der Waals surface area contributed by atoms with Gasteiger partial charge in [0.25, 0.3) is 0 Å². The molecule has 2 rings (SSSR count). The normalized spacial score (nSPS) is 10.1. The summed E-state index contributed by atoms with van der Waals surface area (Å²) in [7, 11) is 0. The zero-order valence-electron chi connectivity index (χ0n) is 15.3. The van der Waals surface area contributed by atoms with Crippen molar-refractivity contribution in [2.24, 2.45) is 0 Å². The fraction of sp³-hybridized carbons (Fsp3) is 0.300. The molecule has 0 unspecified atom stereocenters. The molecule has 6 heteroatoms. The fourth-order valence-electron chi connectivity index (χ4n) is 2.43. The number of carbonyl (C=O) groups is 2. The molecule has 2 aromatic rings. The molecule has 0 radical (unpaired) electrons. The molecule has 2 aromatic carbocycles. The van der Waals surface area contributed by atoms with E-state index in [1.165, 1.54) is 6.92 Å². The Labute approximate surface area is 153 Å². The van der Waals surface area contributed by atoms with Crippen LogP contribution in [0.2, 0.25) is 0 Å². The lowest BCUT2D eigenvalue weighted by Crippen LogP contribution is -2.15. The number of nitrogens with one attached hydrogen (secondary N) is 2. The maximum Gasteiger partial charge on any atom is 0.228 e. The minimum absolute atomic E-state index is 0.131. The molecule has 2 amide bonds. The van der Waals surface area contributed by atoms with Gasteiger partial charge < -0.3 is 20.1 Å². The van der Waals surface area contributed by atoms with Crippen LogP contribution in [-0.4, -0.2) is 25.0 Å². The number of hydrogen-bond acceptors (Lipinski definition) is 4. The Morgan fingerprint density at radius 1 is 0.923 bits per heavy atom. The lowest BCUT2D eigenvalue weighted by Gasteiger charge is -2.13. The molecule has 0 atom stereocenters. The number of amides is 2. The van der Waals surface area contributed by atoms with Crippen LogP contribution in [0.15, 0.2) is 42.5 Å². The van der Waals surface area contributed by atoms with Crippen LogP contribution in [-0.2, 0) is 16.0 Å². The Kier molecular flexibility index (Phi) is 7.02. The van der Waals surface area contributed by atoms with Gasteiger partial charge >= 0.3 is 0 Å². The first kappa shape index (κ1) is 19.3. The summed E-state index contributed by atoms with van der Waals surface area (Å²) in [4.78, 5) is 23.4. The van der Waals surface area contributed by atoms with E-state index < -0.39 is 0 Å². The maximum atomic E-state index is 12.4. The second kappa shape index (κ2) is 9.46. The zero-order valence-corrected chi connectivity index (χ0v) is 15.3. The van der Waals surface area contributed by atoms with E-state index in [-0.39, 0.29) is 18.2 Å². The second-order valence-corrected chi connectivity index (χ2v) is 5.63. The zero-order chi connectivity index (χ0) is 18.9. The molecule has 6 nitrogen and oxygen atoms in total. The van der Waals surface area contributed by atoms with E-state index in [1.54, 1.807) is 24.3 Å². The van der Waals surface area contributed by atoms with Crippen molar-refractivity contribution in [1.29, 1.82) is 0 Å². The van der Waals surface area contributed by atoms with E-state index in [2.05, 4.69) is 10.6 Å². The van der Waals surface area contributed by atoms with Gasteiger partial charge in [0, 0.05) is 18.7 Å². The highest BCUT2D eigenvalue weighted by Crippen LogP contribution is 2.29. The Balaban J connectivity index is 2.06. The SMILES string of the molecule is CCOc1ccc(OCC)c(NC(=O)Cc2ccc(NC(C)=O)cc2)c1. The summed E-state index contributed by atoms with van der Waals surface area (Å²) >= 11 is 0. The van der Waals surface area contributed by atoms with Gasteiger partial charge in [0.1, 0.15) is 11.5 Å². The summed E-state index contributed by atoms with van der Waals surface area (Å²) in [5, 5.41) is 5.57. The summed E-state index contributed by atoms with van der Waals surface area (Å²) < 4.78 is 11.0. The standard InChI is InChI=1S/C20H24N2O4/c1-4-25-17-10-11-19(26-5-2)18(13-17)22-20(24)12-15-6-8-16(9-7-15)21-14(3)23/h6-11,13H,4-5,12H2,1-3H3,(H,21,23)(H,22,24). The largest absolute Gasteiger partial charge is 0.494 e. The van der Waals surface area contributed by atoms with E-state index in [0.717, 1.165) is 5.56 Å². The Hall–Kier alpha value is -3.02. The van der Waals surface area contributed by atoms with Crippen LogP contribution < -0.4 is 20.1 Å². The molecule has 0 saturated carbocycles. The molecule has 26 heavy (non-hydrogen) atoms. The molecule has 138 valence electrons. The van der Waals surface area contributed by atoms with Gasteiger partial charge in [-0.3, -0.25) is 9.59 Å². The van der Waals surface area contributed by atoms with Crippen LogP contribution in [0.3, 0.4) is 0 Å². The minimum Gasteiger partial charge on any atom is -0.494 e. The van der Waals surface area contributed by atoms with Crippen molar-refractivity contribution in [3.05, 3.63) is 48.0 Å². The van der Waals surface area contributed by atoms with Crippen molar-refractivity contribution in [3.63, 3.8) is 0 Å². The van der Waals surface area contributed by atoms with Crippen molar-refractivity contribution in [3.8, 4) is 11.5 Å². The molecule has 0 aliphatic heterocycles. The third-order valence-electron chi connectivity index (χ3n) is 3.47. The average molecular weight is 356 g/mol. The van der Waals surface area contributed by atoms with E-state index >= 15 is 0 Å². The quantitative estimate of drug-likeness (QED) is 0.757. The predicted octanol–water partition coefficient (Wildman–Crippen LogP) is 3.62. The molecule has 0 fully saturated rings. The van der Waals surface area contributed by atoms with Crippen molar-refractivity contribution < 1.29 is 19.1 Å². The number of anilines is 2. The molecule has 0 aromatic heterocycles. The molecule has 0 spiro atoms. The molecular weight excluding hydrogens is 332 g/mol. The summed E-state index contributed by atoms with van der Waals surface area (Å²) in [6, 6.07) is 12.5. The van der Waals surface area contributed by atoms with Crippen LogP contribution in [0.4, 0.5) is 11.4 Å². The van der Waals surface area contributed by atoms with Crippen molar-refractivity contribution in [2.45, 2.75) is 27.2 Å². The van der Waals surface area contributed by atoms with Crippen LogP contribution in [0, 0.1) is 0 Å². The molecule has 2 N–H and O–H groups in total. The highest BCUT2D eigenvalue weighted by atomic mass is 16.5. The lowest BCUT2D eigenvalue weighted by atomic mass is 10.1. The Bertz CT molecular complexity index is 757. The molecule has 0 aliphatic carbocycles. The van der Waals surface area contributed by atoms with E-state index in [1.807, 2.05) is 32.0 Å². The Morgan fingerprint density at radius 2 is 1.62 bits per heavy atom. The highest BCUT2D eigenvalue weighted by molar-refractivity contribution is 5.94. The maximum absolute atomic E-state index is 12.4. The molecule has 0 aliphatic rings. The number of rotatable bonds is 8. The van der Waals surface area contributed by atoms with Gasteiger partial charge in [0.05, 0.1) is 25.3 Å². The fourth-order valence-corrected chi connectivity index (χ4v) is 2.43. The molecule has 0 saturated heterocycles. The Morgan fingerprint density at radius 3 is 2.23 bits per heavy atom. The molecule has 0 heterocycles. The first-order valence-electron chi connectivity index (χ1n) is 8.57. The average Bonchev–Trinajstić information content (AvgIpc) is 2.59. The molecular formula is C20H24N2O4. The van der Waals surface area contributed by atoms with Crippen LogP contribution in [0.1, 0.15) is 26.3 Å². The second-order valence-electron chi connectivity index (χ2n) is 5.63. The van der Waals surface area contributed by atoms with Crippen LogP contribution >= 0.6 is 0 Å². The molecule has 0 bridgehead atoms. The summed E-state index contributed by atoms with van der Waals surface area (Å²) in [6.07, 6.45) is 0.213. The first-order valence-corrected chi connectivity index (χ1v) is 8.57. The van der Waals surface area contributed by atoms with Crippen molar-refractivity contribution in [1.82, 2.24) is 0 Å². The topological polar surface area (TPSA) is 76.7 Å². The van der Waals surface area contributed by atoms with Crippen LogP contribution in [0.5, 0.6) is 11.5 Å². The summed E-state index contributed by atoms with van der Waals surface area (Å²) in [5.41, 5.74) is 2.12. The van der Waals surface area contributed by atoms with Crippen molar-refractivity contribution >= 4 is 23.2 Å². The monoisotopic (exact) mass is 356 g/mol. The first-order chi connectivity index (χ1) is 12.5. The highest BCUT2D eigenvalue weighted by Gasteiger charge is 2.11. The summed E-state index contributed by atoms with van der Waals surface area (Å²) in [5.74, 6) is 0.983. The number of benzene rings is 2. The van der Waals surface area contributed by atoms with Gasteiger partial charge in [-0.05, 0) is 43.7 Å². The minimum atomic E-state index is -0.160. The van der Waals surface area contributed by atoms with Crippen LogP contribution in [0.25, 0.3) is 0 Å². The predicted molar refractivity (Wildman–Crippen MR) is 102 cm³/mol.